The Balaban J connectivity index is 2.32. The fourth-order valence-electron chi connectivity index (χ4n) is 1.83. The van der Waals surface area contributed by atoms with E-state index in [4.69, 9.17) is 0 Å². The third-order valence-corrected chi connectivity index (χ3v) is 4.48. The van der Waals surface area contributed by atoms with E-state index >= 15 is 0 Å². The second-order valence-electron chi connectivity index (χ2n) is 5.39. The zero-order valence-corrected chi connectivity index (χ0v) is 13.5. The van der Waals surface area contributed by atoms with Gasteiger partial charge in [-0.3, -0.25) is 0 Å². The highest BCUT2D eigenvalue weighted by atomic mass is 79.9. The number of hydrogen-bond acceptors (Lipinski definition) is 3. The molecule has 2 heterocycles. The molecule has 2 aromatic heterocycles. The summed E-state index contributed by atoms with van der Waals surface area (Å²) in [5.41, 5.74) is 2.14. The van der Waals surface area contributed by atoms with Crippen LogP contribution in [-0.2, 0) is 0 Å². The lowest BCUT2D eigenvalue weighted by Crippen LogP contribution is -2.25. The molecule has 1 N–H and O–H groups in total. The Morgan fingerprint density at radius 1 is 1.32 bits per heavy atom. The van der Waals surface area contributed by atoms with Crippen molar-refractivity contribution in [1.29, 1.82) is 0 Å². The number of hydrogen-bond donors (Lipinski definition) is 1. The normalized spacial score (nSPS) is 14.8. The molecule has 19 heavy (non-hydrogen) atoms. The maximum atomic E-state index is 4.57. The van der Waals surface area contributed by atoms with Crippen molar-refractivity contribution < 1.29 is 0 Å². The van der Waals surface area contributed by atoms with Gasteiger partial charge in [0, 0.05) is 23.8 Å². The molecule has 0 saturated heterocycles. The Kier molecular flexibility index (Phi) is 4.45. The first-order valence-corrected chi connectivity index (χ1v) is 7.81. The molecule has 0 radical (unpaired) electrons. The highest BCUT2D eigenvalue weighted by Crippen LogP contribution is 2.21. The first-order valence-electron chi connectivity index (χ1n) is 6.69. The molecule has 0 fully saturated rings. The summed E-state index contributed by atoms with van der Waals surface area (Å²) in [5.74, 6) is 1.86. The van der Waals surface area contributed by atoms with Crippen molar-refractivity contribution in [1.82, 2.24) is 14.6 Å². The molecule has 0 spiro atoms. The first kappa shape index (κ1) is 14.3. The minimum Gasteiger partial charge on any atom is -0.366 e. The summed E-state index contributed by atoms with van der Waals surface area (Å²) in [6, 6.07) is 2.47. The Bertz CT molecular complexity index is 549. The third kappa shape index (κ3) is 3.08. The van der Waals surface area contributed by atoms with Crippen molar-refractivity contribution >= 4 is 27.3 Å². The summed E-state index contributed by atoms with van der Waals surface area (Å²) in [6.45, 7) is 8.69. The lowest BCUT2D eigenvalue weighted by Gasteiger charge is -2.20. The van der Waals surface area contributed by atoms with Gasteiger partial charge in [-0.15, -0.1) is 0 Å². The molecule has 104 valence electrons. The minimum atomic E-state index is 0.357. The highest BCUT2D eigenvalue weighted by Gasteiger charge is 2.14. The van der Waals surface area contributed by atoms with Gasteiger partial charge in [-0.25, -0.2) is 9.50 Å². The van der Waals surface area contributed by atoms with E-state index in [-0.39, 0.29) is 0 Å². The number of fused-ring (bicyclic) bond motifs is 1. The van der Waals surface area contributed by atoms with Gasteiger partial charge in [-0.2, -0.15) is 5.10 Å². The van der Waals surface area contributed by atoms with Crippen LogP contribution in [0.15, 0.2) is 18.5 Å². The minimum absolute atomic E-state index is 0.357. The Morgan fingerprint density at radius 2 is 2.05 bits per heavy atom. The van der Waals surface area contributed by atoms with Crippen LogP contribution >= 0.6 is 15.9 Å². The molecule has 0 amide bonds. The molecule has 0 aromatic carbocycles. The van der Waals surface area contributed by atoms with E-state index < -0.39 is 0 Å². The fourth-order valence-corrected chi connectivity index (χ4v) is 2.39. The van der Waals surface area contributed by atoms with Crippen LogP contribution in [0.2, 0.25) is 0 Å². The van der Waals surface area contributed by atoms with E-state index in [9.17, 15) is 0 Å². The quantitative estimate of drug-likeness (QED) is 0.853. The Labute approximate surface area is 122 Å². The third-order valence-electron chi connectivity index (χ3n) is 3.46. The second kappa shape index (κ2) is 5.90. The van der Waals surface area contributed by atoms with Crippen LogP contribution in [-0.4, -0.2) is 26.0 Å². The first-order chi connectivity index (χ1) is 9.02. The van der Waals surface area contributed by atoms with Crippen LogP contribution in [0, 0.1) is 5.92 Å². The van der Waals surface area contributed by atoms with Crippen LogP contribution in [0.1, 0.15) is 39.3 Å². The molecule has 0 aliphatic carbocycles. The van der Waals surface area contributed by atoms with Gasteiger partial charge >= 0.3 is 0 Å². The highest BCUT2D eigenvalue weighted by molar-refractivity contribution is 9.09. The fraction of sp³-hybridized carbons (Fsp3) is 0.571. The van der Waals surface area contributed by atoms with E-state index in [1.165, 1.54) is 0 Å². The summed E-state index contributed by atoms with van der Waals surface area (Å²) < 4.78 is 1.90. The maximum absolute atomic E-state index is 4.57. The molecule has 2 rings (SSSR count). The van der Waals surface area contributed by atoms with Gasteiger partial charge in [0.15, 0.2) is 5.82 Å². The molecule has 0 aliphatic rings. The molecular formula is C14H21BrN4. The molecule has 2 unspecified atom stereocenters. The van der Waals surface area contributed by atoms with Crippen molar-refractivity contribution in [2.24, 2.45) is 5.92 Å². The number of rotatable bonds is 5. The number of aromatic nitrogens is 3. The zero-order valence-electron chi connectivity index (χ0n) is 11.9. The zero-order chi connectivity index (χ0) is 14.0. The molecule has 5 heteroatoms. The largest absolute Gasteiger partial charge is 0.366 e. The summed E-state index contributed by atoms with van der Waals surface area (Å²) in [5, 5.41) is 9.03. The van der Waals surface area contributed by atoms with E-state index in [0.717, 1.165) is 22.4 Å². The van der Waals surface area contributed by atoms with E-state index in [2.05, 4.69) is 65.1 Å². The molecule has 0 saturated carbocycles. The molecule has 2 aromatic rings. The molecular weight excluding hydrogens is 304 g/mol. The second-order valence-corrected chi connectivity index (χ2v) is 6.04. The lowest BCUT2D eigenvalue weighted by atomic mass is 10.1. The van der Waals surface area contributed by atoms with Gasteiger partial charge in [0.05, 0.1) is 5.69 Å². The monoisotopic (exact) mass is 324 g/mol. The van der Waals surface area contributed by atoms with Crippen molar-refractivity contribution in [3.63, 3.8) is 0 Å². The summed E-state index contributed by atoms with van der Waals surface area (Å²) in [7, 11) is 0. The van der Waals surface area contributed by atoms with Crippen molar-refractivity contribution in [2.75, 3.05) is 10.6 Å². The Morgan fingerprint density at radius 3 is 2.68 bits per heavy atom. The molecule has 0 aliphatic heterocycles. The topological polar surface area (TPSA) is 42.2 Å². The van der Waals surface area contributed by atoms with Crippen LogP contribution in [0.4, 0.5) is 5.82 Å². The number of alkyl halides is 1. The smallest absolute Gasteiger partial charge is 0.152 e. The van der Waals surface area contributed by atoms with Gasteiger partial charge in [0.1, 0.15) is 5.52 Å². The summed E-state index contributed by atoms with van der Waals surface area (Å²) in [4.78, 5) is 4.45. The van der Waals surface area contributed by atoms with Crippen molar-refractivity contribution in [3.8, 4) is 0 Å². The van der Waals surface area contributed by atoms with Gasteiger partial charge in [-0.05, 0) is 24.8 Å². The van der Waals surface area contributed by atoms with E-state index in [1.807, 2.05) is 10.7 Å². The van der Waals surface area contributed by atoms with Gasteiger partial charge in [-0.1, -0.05) is 36.7 Å². The average Bonchev–Trinajstić information content (AvgIpc) is 2.83. The number of anilines is 1. The van der Waals surface area contributed by atoms with Gasteiger partial charge < -0.3 is 5.32 Å². The molecule has 4 nitrogen and oxygen atoms in total. The standard InChI is InChI=1S/C14H21BrN4/c1-9(2)12-7-13-14(16-5-6-19(13)18-12)17-11(4)10(3)8-15/h5-7,9-11H,8H2,1-4H3,(H,16,17). The number of nitrogens with one attached hydrogen (secondary N) is 1. The molecule has 2 atom stereocenters. The van der Waals surface area contributed by atoms with Crippen LogP contribution in [0.5, 0.6) is 0 Å². The predicted molar refractivity (Wildman–Crippen MR) is 83.1 cm³/mol. The number of halogens is 1. The van der Waals surface area contributed by atoms with E-state index in [1.54, 1.807) is 6.20 Å². The Hall–Kier alpha value is -1.10. The summed E-state index contributed by atoms with van der Waals surface area (Å²) >= 11 is 3.52. The number of nitrogens with zero attached hydrogens (tertiary/aromatic N) is 3. The maximum Gasteiger partial charge on any atom is 0.152 e. The SMILES string of the molecule is CC(C)c1cc2c(NC(C)C(C)CBr)nccn2n1. The van der Waals surface area contributed by atoms with Crippen LogP contribution < -0.4 is 5.32 Å². The predicted octanol–water partition coefficient (Wildman–Crippen LogP) is 3.68. The lowest BCUT2D eigenvalue weighted by molar-refractivity contribution is 0.571. The van der Waals surface area contributed by atoms with Crippen LogP contribution in [0.3, 0.4) is 0 Å². The van der Waals surface area contributed by atoms with Crippen molar-refractivity contribution in [3.05, 3.63) is 24.2 Å². The summed E-state index contributed by atoms with van der Waals surface area (Å²) in [6.07, 6.45) is 3.68. The van der Waals surface area contributed by atoms with Gasteiger partial charge in [0.25, 0.3) is 0 Å². The van der Waals surface area contributed by atoms with Crippen molar-refractivity contribution in [2.45, 2.75) is 39.7 Å². The molecule has 0 bridgehead atoms. The van der Waals surface area contributed by atoms with E-state index in [0.29, 0.717) is 17.9 Å². The average molecular weight is 325 g/mol. The van der Waals surface area contributed by atoms with Gasteiger partial charge in [0.2, 0.25) is 0 Å². The van der Waals surface area contributed by atoms with Crippen LogP contribution in [0.25, 0.3) is 5.52 Å².